The van der Waals surface area contributed by atoms with E-state index in [4.69, 9.17) is 15.0 Å². The second-order valence-electron chi connectivity index (χ2n) is 0.283. The van der Waals surface area contributed by atoms with Crippen molar-refractivity contribution in [2.24, 2.45) is 0 Å². The molecule has 0 amide bonds. The van der Waals surface area contributed by atoms with Gasteiger partial charge in [-0.2, -0.15) is 0 Å². The van der Waals surface area contributed by atoms with Crippen molar-refractivity contribution in [2.75, 3.05) is 0 Å². The number of carboxylic acid groups (broad SMARTS) is 2. The van der Waals surface area contributed by atoms with Crippen LogP contribution in [0.2, 0.25) is 0 Å². The molecule has 0 aromatic heterocycles. The monoisotopic (exact) mass is 87.0 g/mol. The van der Waals surface area contributed by atoms with Gasteiger partial charge in [0.1, 0.15) is 0 Å². The molecular formula is CH4NaO3. The average molecular weight is 87.0 g/mol. The van der Waals surface area contributed by atoms with Gasteiger partial charge in [0, 0.05) is 1.43 Å². The van der Waals surface area contributed by atoms with Crippen molar-refractivity contribution in [3.05, 3.63) is 0 Å². The predicted octanol–water partition coefficient (Wildman–Crippen LogP) is -0.314. The Labute approximate surface area is 52.4 Å². The second kappa shape index (κ2) is 4.27. The van der Waals surface area contributed by atoms with Crippen LogP contribution in [-0.2, 0) is 0 Å². The molecule has 0 saturated heterocycles. The molecule has 0 aromatic rings. The summed E-state index contributed by atoms with van der Waals surface area (Å²) in [4.78, 5) is 8.56. The average Bonchev–Trinajstić information content (AvgIpc) is 0.811. The minimum absolute atomic E-state index is 0. The van der Waals surface area contributed by atoms with E-state index in [2.05, 4.69) is 0 Å². The normalized spacial score (nSPS) is 4.80. The van der Waals surface area contributed by atoms with Crippen LogP contribution in [0.4, 0.5) is 4.79 Å². The number of rotatable bonds is 0. The Hall–Kier alpha value is 0.270. The summed E-state index contributed by atoms with van der Waals surface area (Å²) in [5, 5.41) is 13.9. The zero-order valence-corrected chi connectivity index (χ0v) is 1.80. The van der Waals surface area contributed by atoms with Gasteiger partial charge in [0.05, 0.1) is 0 Å². The molecule has 0 bridgehead atoms. The summed E-state index contributed by atoms with van der Waals surface area (Å²) < 4.78 is 0. The predicted molar refractivity (Wildman–Crippen MR) is 18.9 cm³/mol. The third-order valence-electron chi connectivity index (χ3n) is 0. The fourth-order valence-corrected chi connectivity index (χ4v) is 0. The number of carbonyl (C=O) groups is 1. The Morgan fingerprint density at radius 1 is 1.60 bits per heavy atom. The van der Waals surface area contributed by atoms with Gasteiger partial charge in [-0.15, -0.1) is 0 Å². The van der Waals surface area contributed by atoms with Crippen molar-refractivity contribution in [1.82, 2.24) is 0 Å². The third-order valence-corrected chi connectivity index (χ3v) is 0. The Morgan fingerprint density at radius 3 is 1.60 bits per heavy atom. The molecule has 0 atom stereocenters. The first kappa shape index (κ1) is 8.99. The molecule has 0 aliphatic rings. The van der Waals surface area contributed by atoms with Crippen molar-refractivity contribution in [1.29, 1.82) is 0 Å². The van der Waals surface area contributed by atoms with Crippen LogP contribution in [0, 0.1) is 0 Å². The first-order chi connectivity index (χ1) is 1.73. The van der Waals surface area contributed by atoms with E-state index in [1.54, 1.807) is 0 Å². The van der Waals surface area contributed by atoms with Gasteiger partial charge in [0.2, 0.25) is 0 Å². The SMILES string of the molecule is O=C(O)O.[H].[NaH]. The van der Waals surface area contributed by atoms with Gasteiger partial charge >= 0.3 is 35.7 Å². The molecule has 3 nitrogen and oxygen atoms in total. The molecule has 0 unspecified atom stereocenters. The van der Waals surface area contributed by atoms with Crippen molar-refractivity contribution in [3.8, 4) is 0 Å². The second-order valence-corrected chi connectivity index (χ2v) is 0.283. The summed E-state index contributed by atoms with van der Waals surface area (Å²) in [6.07, 6.45) is -1.83. The Balaban J connectivity index is -0.0000000450. The topological polar surface area (TPSA) is 57.5 Å². The molecule has 0 rings (SSSR count). The van der Waals surface area contributed by atoms with Crippen LogP contribution in [0.1, 0.15) is 1.43 Å². The molecular weight excluding hydrogens is 83.0 g/mol. The van der Waals surface area contributed by atoms with Crippen LogP contribution in [0.15, 0.2) is 0 Å². The van der Waals surface area contributed by atoms with Gasteiger partial charge in [0.15, 0.2) is 0 Å². The number of hydrogen-bond donors (Lipinski definition) is 2. The summed E-state index contributed by atoms with van der Waals surface area (Å²) in [6.45, 7) is 0. The first-order valence-electron chi connectivity index (χ1n) is 0.651. The maximum absolute atomic E-state index is 8.56. The molecule has 1 radical (unpaired) electrons. The summed E-state index contributed by atoms with van der Waals surface area (Å²) in [5.74, 6) is 0. The van der Waals surface area contributed by atoms with Crippen LogP contribution < -0.4 is 0 Å². The van der Waals surface area contributed by atoms with Crippen molar-refractivity contribution in [2.45, 2.75) is 0 Å². The third kappa shape index (κ3) is 302. The van der Waals surface area contributed by atoms with Gasteiger partial charge in [0.25, 0.3) is 0 Å². The molecule has 2 N–H and O–H groups in total. The summed E-state index contributed by atoms with van der Waals surface area (Å²) in [7, 11) is 0. The van der Waals surface area contributed by atoms with Crippen LogP contribution in [-0.4, -0.2) is 45.9 Å². The van der Waals surface area contributed by atoms with Gasteiger partial charge in [-0.05, 0) is 0 Å². The van der Waals surface area contributed by atoms with E-state index in [0.29, 0.717) is 0 Å². The van der Waals surface area contributed by atoms with Crippen molar-refractivity contribution >= 4 is 35.7 Å². The van der Waals surface area contributed by atoms with Crippen LogP contribution >= 0.6 is 0 Å². The van der Waals surface area contributed by atoms with E-state index in [1.807, 2.05) is 0 Å². The number of hydrogen-bond acceptors (Lipinski definition) is 1. The summed E-state index contributed by atoms with van der Waals surface area (Å²) >= 11 is 0. The standard InChI is InChI=1S/CH2O3.Na.2H/c2-1(3)4;;;/h(H2,2,3,4);;;. The van der Waals surface area contributed by atoms with Gasteiger partial charge in [-0.1, -0.05) is 0 Å². The van der Waals surface area contributed by atoms with Gasteiger partial charge in [-0.25, -0.2) is 4.79 Å². The minimum atomic E-state index is -1.83. The van der Waals surface area contributed by atoms with E-state index < -0.39 is 6.16 Å². The van der Waals surface area contributed by atoms with E-state index >= 15 is 0 Å². The van der Waals surface area contributed by atoms with Crippen LogP contribution in [0.25, 0.3) is 0 Å². The van der Waals surface area contributed by atoms with Crippen LogP contribution in [0.5, 0.6) is 0 Å². The molecule has 0 fully saturated rings. The molecule has 5 heavy (non-hydrogen) atoms. The molecule has 0 aliphatic heterocycles. The Bertz CT molecular complexity index is 33.8. The van der Waals surface area contributed by atoms with E-state index in [0.717, 1.165) is 0 Å². The van der Waals surface area contributed by atoms with E-state index in [1.165, 1.54) is 0 Å². The molecule has 0 spiro atoms. The fraction of sp³-hybridized carbons (Fsp3) is 0. The fourth-order valence-electron chi connectivity index (χ4n) is 0. The Kier molecular flexibility index (Phi) is 7.67. The zero-order chi connectivity index (χ0) is 3.58. The molecule has 0 aromatic carbocycles. The van der Waals surface area contributed by atoms with Crippen molar-refractivity contribution in [3.63, 3.8) is 0 Å². The molecule has 4 heteroatoms. The Morgan fingerprint density at radius 2 is 1.60 bits per heavy atom. The summed E-state index contributed by atoms with van der Waals surface area (Å²) in [6, 6.07) is 0. The molecule has 0 aliphatic carbocycles. The van der Waals surface area contributed by atoms with Crippen molar-refractivity contribution < 1.29 is 16.4 Å². The van der Waals surface area contributed by atoms with Crippen LogP contribution in [0.3, 0.4) is 0 Å². The summed E-state index contributed by atoms with van der Waals surface area (Å²) in [5.41, 5.74) is 0. The molecule has 0 saturated carbocycles. The van der Waals surface area contributed by atoms with E-state index in [-0.39, 0.29) is 31.0 Å². The molecule has 27 valence electrons. The van der Waals surface area contributed by atoms with E-state index in [9.17, 15) is 0 Å². The van der Waals surface area contributed by atoms with Gasteiger partial charge < -0.3 is 10.2 Å². The van der Waals surface area contributed by atoms with Gasteiger partial charge in [-0.3, -0.25) is 0 Å². The first-order valence-corrected chi connectivity index (χ1v) is 0.651. The quantitative estimate of drug-likeness (QED) is 0.398. The zero-order valence-electron chi connectivity index (χ0n) is 2.80. The maximum atomic E-state index is 8.56. The molecule has 0 heterocycles.